The molecule has 1 fully saturated rings. The number of oxazole rings is 1. The predicted molar refractivity (Wildman–Crippen MR) is 74.9 cm³/mol. The lowest BCUT2D eigenvalue weighted by Crippen LogP contribution is -2.23. The second kappa shape index (κ2) is 4.53. The topological polar surface area (TPSA) is 61.2 Å². The Morgan fingerprint density at radius 1 is 1.42 bits per heavy atom. The molecule has 0 amide bonds. The lowest BCUT2D eigenvalue weighted by molar-refractivity contribution is 0.351. The molecule has 102 valence electrons. The average Bonchev–Trinajstić information content (AvgIpc) is 2.93. The first-order valence-corrected chi connectivity index (χ1v) is 6.93. The summed E-state index contributed by atoms with van der Waals surface area (Å²) in [5.41, 5.74) is 8.92. The van der Waals surface area contributed by atoms with Crippen LogP contribution in [0.25, 0.3) is 11.1 Å². The van der Waals surface area contributed by atoms with Crippen LogP contribution in [0.1, 0.15) is 37.8 Å². The largest absolute Gasteiger partial charge is 0.419 e. The predicted octanol–water partition coefficient (Wildman–Crippen LogP) is 2.57. The van der Waals surface area contributed by atoms with Crippen LogP contribution in [-0.2, 0) is 7.05 Å². The molecule has 4 heteroatoms. The van der Waals surface area contributed by atoms with E-state index in [1.54, 1.807) is 7.05 Å². The monoisotopic (exact) mass is 260 g/mol. The molecule has 19 heavy (non-hydrogen) atoms. The van der Waals surface area contributed by atoms with E-state index >= 15 is 0 Å². The van der Waals surface area contributed by atoms with Gasteiger partial charge in [0.15, 0.2) is 5.58 Å². The highest BCUT2D eigenvalue weighted by molar-refractivity contribution is 5.73. The Morgan fingerprint density at radius 3 is 2.89 bits per heavy atom. The van der Waals surface area contributed by atoms with E-state index in [-0.39, 0.29) is 11.8 Å². The molecule has 0 aliphatic heterocycles. The van der Waals surface area contributed by atoms with Crippen molar-refractivity contribution in [2.24, 2.45) is 24.6 Å². The molecular formula is C15H20N2O2. The average molecular weight is 260 g/mol. The minimum atomic E-state index is -0.324. The van der Waals surface area contributed by atoms with E-state index in [0.29, 0.717) is 17.4 Å². The van der Waals surface area contributed by atoms with Gasteiger partial charge >= 0.3 is 5.76 Å². The van der Waals surface area contributed by atoms with Crippen molar-refractivity contribution in [3.05, 3.63) is 34.3 Å². The number of hydrogen-bond acceptors (Lipinski definition) is 3. The number of rotatable bonds is 2. The second-order valence-electron chi connectivity index (χ2n) is 5.75. The summed E-state index contributed by atoms with van der Waals surface area (Å²) in [6, 6.07) is 5.90. The summed E-state index contributed by atoms with van der Waals surface area (Å²) < 4.78 is 6.75. The van der Waals surface area contributed by atoms with E-state index < -0.39 is 0 Å². The fourth-order valence-electron chi connectivity index (χ4n) is 3.31. The molecular weight excluding hydrogens is 240 g/mol. The summed E-state index contributed by atoms with van der Waals surface area (Å²) in [7, 11) is 1.72. The van der Waals surface area contributed by atoms with Gasteiger partial charge in [0, 0.05) is 13.1 Å². The molecule has 3 unspecified atom stereocenters. The molecule has 0 bridgehead atoms. The van der Waals surface area contributed by atoms with Crippen molar-refractivity contribution in [3.8, 4) is 0 Å². The van der Waals surface area contributed by atoms with Crippen LogP contribution in [0.15, 0.2) is 27.4 Å². The van der Waals surface area contributed by atoms with Crippen molar-refractivity contribution in [2.75, 3.05) is 0 Å². The molecule has 1 saturated carbocycles. The van der Waals surface area contributed by atoms with Gasteiger partial charge < -0.3 is 10.2 Å². The normalized spacial score (nSPS) is 25.0. The third kappa shape index (κ3) is 2.00. The molecule has 2 aromatic rings. The number of fused-ring (bicyclic) bond motifs is 1. The van der Waals surface area contributed by atoms with E-state index in [9.17, 15) is 4.79 Å². The number of hydrogen-bond donors (Lipinski definition) is 1. The molecule has 1 aromatic carbocycles. The van der Waals surface area contributed by atoms with E-state index in [0.717, 1.165) is 11.1 Å². The first kappa shape index (κ1) is 12.5. The Morgan fingerprint density at radius 2 is 2.21 bits per heavy atom. The Bertz CT molecular complexity index is 656. The number of aryl methyl sites for hydroxylation is 1. The number of nitrogens with zero attached hydrogens (tertiary/aromatic N) is 1. The standard InChI is InChI=1S/C15H20N2O2/c1-9-4-3-5-11(9)14(16)10-6-7-12-13(8-10)19-15(18)17(12)2/h6-9,11,14H,3-5,16H2,1-2H3. The van der Waals surface area contributed by atoms with Gasteiger partial charge in [0.05, 0.1) is 5.52 Å². The molecule has 1 heterocycles. The van der Waals surface area contributed by atoms with Crippen LogP contribution >= 0.6 is 0 Å². The van der Waals surface area contributed by atoms with Crippen LogP contribution < -0.4 is 11.5 Å². The molecule has 3 atom stereocenters. The highest BCUT2D eigenvalue weighted by atomic mass is 16.4. The van der Waals surface area contributed by atoms with Gasteiger partial charge in [-0.25, -0.2) is 4.79 Å². The van der Waals surface area contributed by atoms with Crippen molar-refractivity contribution in [1.82, 2.24) is 4.57 Å². The second-order valence-corrected chi connectivity index (χ2v) is 5.75. The SMILES string of the molecule is CC1CCCC1C(N)c1ccc2c(c1)oc(=O)n2C. The van der Waals surface area contributed by atoms with Gasteiger partial charge in [-0.2, -0.15) is 0 Å². The summed E-state index contributed by atoms with van der Waals surface area (Å²) in [6.07, 6.45) is 3.72. The Hall–Kier alpha value is -1.55. The van der Waals surface area contributed by atoms with Gasteiger partial charge in [0.25, 0.3) is 0 Å². The van der Waals surface area contributed by atoms with Gasteiger partial charge in [0.1, 0.15) is 0 Å². The van der Waals surface area contributed by atoms with E-state index in [2.05, 4.69) is 6.92 Å². The number of aromatic nitrogens is 1. The summed E-state index contributed by atoms with van der Waals surface area (Å²) in [5, 5.41) is 0. The number of benzene rings is 1. The summed E-state index contributed by atoms with van der Waals surface area (Å²) in [4.78, 5) is 11.5. The van der Waals surface area contributed by atoms with Crippen molar-refractivity contribution in [3.63, 3.8) is 0 Å². The maximum atomic E-state index is 11.5. The zero-order chi connectivity index (χ0) is 13.6. The van der Waals surface area contributed by atoms with Crippen LogP contribution in [0.4, 0.5) is 0 Å². The minimum Gasteiger partial charge on any atom is -0.408 e. The minimum absolute atomic E-state index is 0.0346. The van der Waals surface area contributed by atoms with Gasteiger partial charge in [-0.15, -0.1) is 0 Å². The third-order valence-electron chi connectivity index (χ3n) is 4.59. The Kier molecular flexibility index (Phi) is 2.97. The molecule has 2 N–H and O–H groups in total. The van der Waals surface area contributed by atoms with Crippen LogP contribution in [0.3, 0.4) is 0 Å². The summed E-state index contributed by atoms with van der Waals surface area (Å²) >= 11 is 0. The van der Waals surface area contributed by atoms with Gasteiger partial charge in [-0.05, 0) is 36.0 Å². The molecule has 4 nitrogen and oxygen atoms in total. The maximum absolute atomic E-state index is 11.5. The van der Waals surface area contributed by atoms with Crippen LogP contribution in [0.5, 0.6) is 0 Å². The lowest BCUT2D eigenvalue weighted by Gasteiger charge is -2.23. The smallest absolute Gasteiger partial charge is 0.408 e. The molecule has 1 aliphatic rings. The van der Waals surface area contributed by atoms with Crippen molar-refractivity contribution < 1.29 is 4.42 Å². The van der Waals surface area contributed by atoms with Crippen LogP contribution in [0.2, 0.25) is 0 Å². The molecule has 0 spiro atoms. The molecule has 0 saturated heterocycles. The number of nitrogens with two attached hydrogens (primary N) is 1. The Labute approximate surface area is 112 Å². The van der Waals surface area contributed by atoms with E-state index in [4.69, 9.17) is 10.2 Å². The van der Waals surface area contributed by atoms with Crippen LogP contribution in [-0.4, -0.2) is 4.57 Å². The highest BCUT2D eigenvalue weighted by Crippen LogP contribution is 2.39. The van der Waals surface area contributed by atoms with Crippen molar-refractivity contribution >= 4 is 11.1 Å². The van der Waals surface area contributed by atoms with Gasteiger partial charge in [-0.1, -0.05) is 25.8 Å². The zero-order valence-electron chi connectivity index (χ0n) is 11.4. The zero-order valence-corrected chi connectivity index (χ0v) is 11.4. The quantitative estimate of drug-likeness (QED) is 0.902. The first-order chi connectivity index (χ1) is 9.08. The Balaban J connectivity index is 1.99. The van der Waals surface area contributed by atoms with E-state index in [1.807, 2.05) is 18.2 Å². The molecule has 0 radical (unpaired) electrons. The maximum Gasteiger partial charge on any atom is 0.419 e. The fourth-order valence-corrected chi connectivity index (χ4v) is 3.31. The lowest BCUT2D eigenvalue weighted by atomic mass is 9.86. The summed E-state index contributed by atoms with van der Waals surface area (Å²) in [6.45, 7) is 2.28. The van der Waals surface area contributed by atoms with Gasteiger partial charge in [0.2, 0.25) is 0 Å². The van der Waals surface area contributed by atoms with Gasteiger partial charge in [-0.3, -0.25) is 4.57 Å². The van der Waals surface area contributed by atoms with E-state index in [1.165, 1.54) is 23.8 Å². The van der Waals surface area contributed by atoms with Crippen molar-refractivity contribution in [2.45, 2.75) is 32.2 Å². The molecule has 3 rings (SSSR count). The van der Waals surface area contributed by atoms with Crippen LogP contribution in [0, 0.1) is 11.8 Å². The van der Waals surface area contributed by atoms with Crippen molar-refractivity contribution in [1.29, 1.82) is 0 Å². The third-order valence-corrected chi connectivity index (χ3v) is 4.59. The molecule has 1 aromatic heterocycles. The fraction of sp³-hybridized carbons (Fsp3) is 0.533. The first-order valence-electron chi connectivity index (χ1n) is 6.93. The highest BCUT2D eigenvalue weighted by Gasteiger charge is 2.29. The summed E-state index contributed by atoms with van der Waals surface area (Å²) in [5.74, 6) is 0.885. The molecule has 1 aliphatic carbocycles.